The number of hydrogen-bond acceptors (Lipinski definition) is 6. The Labute approximate surface area is 241 Å². The highest BCUT2D eigenvalue weighted by atomic mass is 32.2. The molecule has 0 radical (unpaired) electrons. The molecule has 2 N–H and O–H groups in total. The third-order valence-electron chi connectivity index (χ3n) is 5.99. The Morgan fingerprint density at radius 2 is 1.31 bits per heavy atom. The molecule has 0 unspecified atom stereocenters. The first-order chi connectivity index (χ1) is 19.9. The van der Waals surface area contributed by atoms with Crippen molar-refractivity contribution in [3.05, 3.63) is 125 Å². The fourth-order valence-corrected chi connectivity index (χ4v) is 5.96. The van der Waals surface area contributed by atoms with Crippen molar-refractivity contribution in [2.45, 2.75) is 16.0 Å². The monoisotopic (exact) mass is 613 g/mol. The van der Waals surface area contributed by atoms with Gasteiger partial charge in [0.15, 0.2) is 0 Å². The summed E-state index contributed by atoms with van der Waals surface area (Å²) in [5, 5.41) is 2.82. The quantitative estimate of drug-likeness (QED) is 0.171. The van der Waals surface area contributed by atoms with Gasteiger partial charge in [0.05, 0.1) is 16.1 Å². The molecule has 7 nitrogen and oxygen atoms in total. The Morgan fingerprint density at radius 1 is 0.714 bits per heavy atom. The minimum atomic E-state index is -4.60. The predicted molar refractivity (Wildman–Crippen MR) is 151 cm³/mol. The van der Waals surface area contributed by atoms with Crippen LogP contribution in [0.4, 0.5) is 34.6 Å². The second-order valence-electron chi connectivity index (χ2n) is 8.87. The number of rotatable bonds is 8. The number of nitrogens with one attached hydrogen (secondary N) is 2. The molecule has 2 amide bonds. The van der Waals surface area contributed by atoms with E-state index in [-0.39, 0.29) is 26.9 Å². The first-order valence-electron chi connectivity index (χ1n) is 12.1. The van der Waals surface area contributed by atoms with Gasteiger partial charge in [-0.1, -0.05) is 30.0 Å². The number of halogens is 4. The van der Waals surface area contributed by atoms with Crippen molar-refractivity contribution in [3.8, 4) is 0 Å². The van der Waals surface area contributed by atoms with Gasteiger partial charge in [-0.2, -0.15) is 13.2 Å². The number of thioether (sulfide) groups is 1. The van der Waals surface area contributed by atoms with Crippen LogP contribution in [0.2, 0.25) is 0 Å². The summed E-state index contributed by atoms with van der Waals surface area (Å²) in [5.74, 6) is -2.13. The van der Waals surface area contributed by atoms with Gasteiger partial charge in [-0.25, -0.2) is 17.7 Å². The van der Waals surface area contributed by atoms with Crippen molar-refractivity contribution < 1.29 is 35.6 Å². The van der Waals surface area contributed by atoms with E-state index in [1.165, 1.54) is 48.5 Å². The summed E-state index contributed by atoms with van der Waals surface area (Å²) in [6.45, 7) is 0. The highest BCUT2D eigenvalue weighted by Crippen LogP contribution is 2.39. The molecule has 1 aliphatic rings. The zero-order valence-electron chi connectivity index (χ0n) is 21.2. The minimum absolute atomic E-state index is 0.0677. The van der Waals surface area contributed by atoms with Crippen molar-refractivity contribution in [2.24, 2.45) is 0 Å². The number of nitrogens with zero attached hydrogens (tertiary/aromatic N) is 1. The zero-order valence-corrected chi connectivity index (χ0v) is 22.9. The van der Waals surface area contributed by atoms with Gasteiger partial charge in [0.1, 0.15) is 16.4 Å². The second kappa shape index (κ2) is 11.3. The van der Waals surface area contributed by atoms with Crippen molar-refractivity contribution in [3.63, 3.8) is 0 Å². The number of carbonyl (C=O) groups is 2. The number of anilines is 3. The first kappa shape index (κ1) is 28.9. The molecule has 214 valence electrons. The van der Waals surface area contributed by atoms with Crippen LogP contribution in [-0.2, 0) is 25.8 Å². The molecule has 1 heterocycles. The van der Waals surface area contributed by atoms with E-state index in [1.54, 1.807) is 18.2 Å². The zero-order chi connectivity index (χ0) is 30.1. The van der Waals surface area contributed by atoms with Crippen LogP contribution >= 0.6 is 11.8 Å². The van der Waals surface area contributed by atoms with Crippen LogP contribution in [0.15, 0.2) is 124 Å². The Kier molecular flexibility index (Phi) is 7.80. The lowest BCUT2D eigenvalue weighted by atomic mass is 10.2. The summed E-state index contributed by atoms with van der Waals surface area (Å²) in [5.41, 5.74) is -0.629. The van der Waals surface area contributed by atoms with E-state index < -0.39 is 39.4 Å². The van der Waals surface area contributed by atoms with Gasteiger partial charge in [0.2, 0.25) is 0 Å². The molecule has 13 heteroatoms. The lowest BCUT2D eigenvalue weighted by Crippen LogP contribution is -2.32. The van der Waals surface area contributed by atoms with Gasteiger partial charge in [-0.3, -0.25) is 14.3 Å². The number of benzene rings is 4. The van der Waals surface area contributed by atoms with Gasteiger partial charge < -0.3 is 5.32 Å². The van der Waals surface area contributed by atoms with Crippen molar-refractivity contribution in [1.82, 2.24) is 0 Å². The van der Waals surface area contributed by atoms with E-state index in [9.17, 15) is 35.6 Å². The maximum atomic E-state index is 13.5. The van der Waals surface area contributed by atoms with Gasteiger partial charge in [-0.05, 0) is 84.9 Å². The molecule has 0 spiro atoms. The predicted octanol–water partition coefficient (Wildman–Crippen LogP) is 6.63. The highest BCUT2D eigenvalue weighted by molar-refractivity contribution is 8.04. The summed E-state index contributed by atoms with van der Waals surface area (Å²) in [7, 11) is -3.84. The number of alkyl halides is 3. The number of carbonyl (C=O) groups excluding carboxylic acids is 2. The summed E-state index contributed by atoms with van der Waals surface area (Å²) in [6.07, 6.45) is -4.60. The molecular formula is C29H19F4N3O4S2. The van der Waals surface area contributed by atoms with Crippen LogP contribution in [0.25, 0.3) is 0 Å². The molecular weight excluding hydrogens is 594 g/mol. The van der Waals surface area contributed by atoms with Crippen molar-refractivity contribution in [2.75, 3.05) is 14.9 Å². The summed E-state index contributed by atoms with van der Waals surface area (Å²) in [6, 6.07) is 22.4. The van der Waals surface area contributed by atoms with E-state index >= 15 is 0 Å². The van der Waals surface area contributed by atoms with Crippen molar-refractivity contribution >= 4 is 50.7 Å². The molecule has 0 aromatic heterocycles. The molecule has 4 aromatic rings. The van der Waals surface area contributed by atoms with E-state index in [4.69, 9.17) is 0 Å². The number of imide groups is 1. The molecule has 42 heavy (non-hydrogen) atoms. The third-order valence-corrected chi connectivity index (χ3v) is 8.48. The van der Waals surface area contributed by atoms with Gasteiger partial charge in [0, 0.05) is 16.3 Å². The normalized spacial score (nSPS) is 14.0. The molecule has 5 rings (SSSR count). The second-order valence-corrected chi connectivity index (χ2v) is 11.6. The first-order valence-corrected chi connectivity index (χ1v) is 14.4. The minimum Gasteiger partial charge on any atom is -0.350 e. The lowest BCUT2D eigenvalue weighted by molar-refractivity contribution is -0.137. The average Bonchev–Trinajstić information content (AvgIpc) is 3.19. The summed E-state index contributed by atoms with van der Waals surface area (Å²) >= 11 is 0.896. The van der Waals surface area contributed by atoms with Gasteiger partial charge in [-0.15, -0.1) is 0 Å². The SMILES string of the molecule is O=C1C(Nc2ccc(F)cc2)=C(Sc2ccc(NS(=O)(=O)c3ccccc3)cc2)C(=O)N1c1ccc(C(F)(F)F)cc1. The largest absolute Gasteiger partial charge is 0.416 e. The number of hydrogen-bond donors (Lipinski definition) is 2. The standard InChI is InChI=1S/C29H19F4N3O4S2/c30-19-8-10-20(11-9-19)34-25-26(28(38)36(27(25)37)22-14-6-18(7-15-22)29(31,32)33)41-23-16-12-21(13-17-23)35-42(39,40)24-4-2-1-3-5-24/h1-17,34-35H. The molecule has 0 aliphatic carbocycles. The van der Waals surface area contributed by atoms with Crippen LogP contribution in [0.5, 0.6) is 0 Å². The molecule has 4 aromatic carbocycles. The number of amides is 2. The molecule has 0 atom stereocenters. The van der Waals surface area contributed by atoms with Crippen LogP contribution < -0.4 is 14.9 Å². The van der Waals surface area contributed by atoms with Crippen LogP contribution in [0, 0.1) is 5.82 Å². The van der Waals surface area contributed by atoms with E-state index in [0.717, 1.165) is 53.1 Å². The van der Waals surface area contributed by atoms with E-state index in [0.29, 0.717) is 10.6 Å². The van der Waals surface area contributed by atoms with E-state index in [1.807, 2.05) is 0 Å². The maximum Gasteiger partial charge on any atom is 0.416 e. The van der Waals surface area contributed by atoms with Gasteiger partial charge >= 0.3 is 6.18 Å². The Hall–Kier alpha value is -4.62. The smallest absolute Gasteiger partial charge is 0.350 e. The topological polar surface area (TPSA) is 95.6 Å². The molecule has 0 bridgehead atoms. The third kappa shape index (κ3) is 6.16. The summed E-state index contributed by atoms with van der Waals surface area (Å²) in [4.78, 5) is 28.1. The van der Waals surface area contributed by atoms with Gasteiger partial charge in [0.25, 0.3) is 21.8 Å². The summed E-state index contributed by atoms with van der Waals surface area (Å²) < 4.78 is 80.3. The Bertz CT molecular complexity index is 1780. The lowest BCUT2D eigenvalue weighted by Gasteiger charge is -2.16. The maximum absolute atomic E-state index is 13.5. The molecule has 0 saturated carbocycles. The number of sulfonamides is 1. The Morgan fingerprint density at radius 3 is 1.90 bits per heavy atom. The molecule has 0 fully saturated rings. The van der Waals surface area contributed by atoms with Crippen LogP contribution in [0.1, 0.15) is 5.56 Å². The average molecular weight is 614 g/mol. The fourth-order valence-electron chi connectivity index (χ4n) is 3.95. The molecule has 1 aliphatic heterocycles. The molecule has 0 saturated heterocycles. The van der Waals surface area contributed by atoms with Crippen molar-refractivity contribution in [1.29, 1.82) is 0 Å². The fraction of sp³-hybridized carbons (Fsp3) is 0.0345. The van der Waals surface area contributed by atoms with Crippen LogP contribution in [-0.4, -0.2) is 20.2 Å². The highest BCUT2D eigenvalue weighted by Gasteiger charge is 2.41. The Balaban J connectivity index is 1.43. The van der Waals surface area contributed by atoms with Crippen LogP contribution in [0.3, 0.4) is 0 Å². The van der Waals surface area contributed by atoms with E-state index in [2.05, 4.69) is 10.0 Å².